The summed E-state index contributed by atoms with van der Waals surface area (Å²) in [7, 11) is 0. The van der Waals surface area contributed by atoms with Gasteiger partial charge in [0, 0.05) is 17.0 Å². The standard InChI is InChI=1S/C27H30F6O2/c1-2-5-18-10-12-19(13-11-18)20-16-34-25(35-17-20,21-6-3-8-23(14-21)26(28,29)30)22-7-4-9-24(15-22)27(31,32)33/h3-4,6-9,14-15,18-20H,2,5,10-13,16-17H2,1H3. The first-order valence-corrected chi connectivity index (χ1v) is 12.2. The third-order valence-corrected chi connectivity index (χ3v) is 7.40. The first-order valence-electron chi connectivity index (χ1n) is 12.2. The Morgan fingerprint density at radius 1 is 0.743 bits per heavy atom. The monoisotopic (exact) mass is 500 g/mol. The predicted molar refractivity (Wildman–Crippen MR) is 119 cm³/mol. The van der Waals surface area contributed by atoms with E-state index in [9.17, 15) is 26.3 Å². The first-order chi connectivity index (χ1) is 16.5. The molecule has 0 bridgehead atoms. The Kier molecular flexibility index (Phi) is 7.53. The summed E-state index contributed by atoms with van der Waals surface area (Å²) < 4.78 is 93.0. The Labute approximate surface area is 201 Å². The van der Waals surface area contributed by atoms with Gasteiger partial charge in [-0.15, -0.1) is 0 Å². The maximum absolute atomic E-state index is 13.4. The van der Waals surface area contributed by atoms with Crippen LogP contribution in [0.25, 0.3) is 0 Å². The summed E-state index contributed by atoms with van der Waals surface area (Å²) in [4.78, 5) is 0. The van der Waals surface area contributed by atoms with Crippen LogP contribution in [0.2, 0.25) is 0 Å². The second-order valence-corrected chi connectivity index (χ2v) is 9.73. The molecule has 0 unspecified atom stereocenters. The number of hydrogen-bond acceptors (Lipinski definition) is 2. The molecule has 8 heteroatoms. The minimum Gasteiger partial charge on any atom is -0.342 e. The van der Waals surface area contributed by atoms with Gasteiger partial charge < -0.3 is 9.47 Å². The summed E-state index contributed by atoms with van der Waals surface area (Å²) in [6.45, 7) is 2.58. The van der Waals surface area contributed by atoms with Gasteiger partial charge in [-0.05, 0) is 48.9 Å². The van der Waals surface area contributed by atoms with Crippen molar-refractivity contribution in [2.24, 2.45) is 17.8 Å². The molecule has 4 rings (SSSR count). The van der Waals surface area contributed by atoms with E-state index >= 15 is 0 Å². The summed E-state index contributed by atoms with van der Waals surface area (Å²) in [6, 6.07) is 8.90. The molecular weight excluding hydrogens is 470 g/mol. The third-order valence-electron chi connectivity index (χ3n) is 7.40. The largest absolute Gasteiger partial charge is 0.416 e. The Hall–Kier alpha value is -2.06. The van der Waals surface area contributed by atoms with E-state index in [0.717, 1.165) is 62.3 Å². The van der Waals surface area contributed by atoms with Gasteiger partial charge in [-0.2, -0.15) is 26.3 Å². The summed E-state index contributed by atoms with van der Waals surface area (Å²) in [5.41, 5.74) is -1.77. The van der Waals surface area contributed by atoms with Crippen LogP contribution in [0.5, 0.6) is 0 Å². The molecule has 0 aromatic heterocycles. The van der Waals surface area contributed by atoms with E-state index < -0.39 is 29.3 Å². The molecule has 0 radical (unpaired) electrons. The van der Waals surface area contributed by atoms with Gasteiger partial charge in [-0.1, -0.05) is 56.9 Å². The maximum Gasteiger partial charge on any atom is 0.416 e. The van der Waals surface area contributed by atoms with E-state index in [1.54, 1.807) is 0 Å². The fourth-order valence-electron chi connectivity index (χ4n) is 5.47. The van der Waals surface area contributed by atoms with Crippen molar-refractivity contribution in [2.75, 3.05) is 13.2 Å². The minimum atomic E-state index is -4.61. The summed E-state index contributed by atoms with van der Waals surface area (Å²) in [5, 5.41) is 0. The predicted octanol–water partition coefficient (Wildman–Crippen LogP) is 8.19. The van der Waals surface area contributed by atoms with Crippen molar-refractivity contribution in [2.45, 2.75) is 63.6 Å². The number of halogens is 6. The molecule has 1 saturated carbocycles. The van der Waals surface area contributed by atoms with Crippen LogP contribution in [0.3, 0.4) is 0 Å². The molecule has 2 aromatic carbocycles. The quantitative estimate of drug-likeness (QED) is 0.385. The average Bonchev–Trinajstić information content (AvgIpc) is 2.84. The minimum absolute atomic E-state index is 0.0248. The number of benzene rings is 2. The Balaban J connectivity index is 1.64. The van der Waals surface area contributed by atoms with E-state index in [1.165, 1.54) is 30.7 Å². The molecule has 2 nitrogen and oxygen atoms in total. The second kappa shape index (κ2) is 10.1. The molecule has 1 aliphatic carbocycles. The highest BCUT2D eigenvalue weighted by atomic mass is 19.4. The second-order valence-electron chi connectivity index (χ2n) is 9.73. The maximum atomic E-state index is 13.4. The zero-order chi connectivity index (χ0) is 25.3. The molecule has 35 heavy (non-hydrogen) atoms. The van der Waals surface area contributed by atoms with Gasteiger partial charge in [-0.25, -0.2) is 0 Å². The number of alkyl halides is 6. The molecule has 0 amide bonds. The van der Waals surface area contributed by atoms with Gasteiger partial charge in [0.2, 0.25) is 5.79 Å². The van der Waals surface area contributed by atoms with Crippen molar-refractivity contribution in [3.63, 3.8) is 0 Å². The molecule has 2 aliphatic rings. The fourth-order valence-corrected chi connectivity index (χ4v) is 5.47. The molecule has 1 aliphatic heterocycles. The van der Waals surface area contributed by atoms with Crippen molar-refractivity contribution in [3.05, 3.63) is 70.8 Å². The molecule has 2 aromatic rings. The van der Waals surface area contributed by atoms with Gasteiger partial charge in [0.1, 0.15) is 0 Å². The SMILES string of the molecule is CCCC1CCC(C2COC(c3cccc(C(F)(F)F)c3)(c3cccc(C(F)(F)F)c3)OC2)CC1. The van der Waals surface area contributed by atoms with Gasteiger partial charge in [0.25, 0.3) is 0 Å². The van der Waals surface area contributed by atoms with E-state index in [4.69, 9.17) is 9.47 Å². The van der Waals surface area contributed by atoms with Crippen molar-refractivity contribution in [1.82, 2.24) is 0 Å². The van der Waals surface area contributed by atoms with Crippen LogP contribution in [-0.2, 0) is 27.6 Å². The molecule has 1 heterocycles. The Bertz CT molecular complexity index is 924. The highest BCUT2D eigenvalue weighted by Gasteiger charge is 2.45. The lowest BCUT2D eigenvalue weighted by Crippen LogP contribution is -2.45. The van der Waals surface area contributed by atoms with Crippen molar-refractivity contribution < 1.29 is 35.8 Å². The molecule has 192 valence electrons. The fraction of sp³-hybridized carbons (Fsp3) is 0.556. The van der Waals surface area contributed by atoms with Crippen LogP contribution in [0.1, 0.15) is 67.7 Å². The van der Waals surface area contributed by atoms with E-state index in [2.05, 4.69) is 6.92 Å². The van der Waals surface area contributed by atoms with Gasteiger partial charge in [0.15, 0.2) is 0 Å². The summed E-state index contributed by atoms with van der Waals surface area (Å²) in [6.07, 6.45) is -2.55. The highest BCUT2D eigenvalue weighted by Crippen LogP contribution is 2.45. The van der Waals surface area contributed by atoms with Crippen LogP contribution in [0, 0.1) is 17.8 Å². The number of ether oxygens (including phenoxy) is 2. The lowest BCUT2D eigenvalue weighted by molar-refractivity contribution is -0.274. The van der Waals surface area contributed by atoms with Gasteiger partial charge in [-0.3, -0.25) is 0 Å². The van der Waals surface area contributed by atoms with Crippen molar-refractivity contribution >= 4 is 0 Å². The van der Waals surface area contributed by atoms with E-state index in [0.29, 0.717) is 5.92 Å². The van der Waals surface area contributed by atoms with E-state index in [-0.39, 0.29) is 30.3 Å². The van der Waals surface area contributed by atoms with Gasteiger partial charge >= 0.3 is 12.4 Å². The smallest absolute Gasteiger partial charge is 0.342 e. The van der Waals surface area contributed by atoms with Gasteiger partial charge in [0.05, 0.1) is 24.3 Å². The number of rotatable bonds is 5. The average molecular weight is 501 g/mol. The molecule has 1 saturated heterocycles. The summed E-state index contributed by atoms with van der Waals surface area (Å²) >= 11 is 0. The zero-order valence-electron chi connectivity index (χ0n) is 19.6. The zero-order valence-corrected chi connectivity index (χ0v) is 19.6. The lowest BCUT2D eigenvalue weighted by Gasteiger charge is -2.44. The van der Waals surface area contributed by atoms with Crippen LogP contribution < -0.4 is 0 Å². The van der Waals surface area contributed by atoms with Crippen LogP contribution in [0.15, 0.2) is 48.5 Å². The molecule has 2 fully saturated rings. The van der Waals surface area contributed by atoms with Crippen LogP contribution in [0.4, 0.5) is 26.3 Å². The molecular formula is C27H30F6O2. The van der Waals surface area contributed by atoms with Crippen LogP contribution in [-0.4, -0.2) is 13.2 Å². The highest BCUT2D eigenvalue weighted by molar-refractivity contribution is 5.39. The lowest BCUT2D eigenvalue weighted by atomic mass is 9.74. The summed E-state index contributed by atoms with van der Waals surface area (Å²) in [5.74, 6) is -0.722. The van der Waals surface area contributed by atoms with Crippen molar-refractivity contribution in [1.29, 1.82) is 0 Å². The van der Waals surface area contributed by atoms with Crippen LogP contribution >= 0.6 is 0 Å². The normalized spacial score (nSPS) is 23.9. The first kappa shape index (κ1) is 26.0. The number of hydrogen-bond donors (Lipinski definition) is 0. The van der Waals surface area contributed by atoms with Crippen molar-refractivity contribution in [3.8, 4) is 0 Å². The molecule has 0 N–H and O–H groups in total. The Morgan fingerprint density at radius 2 is 1.23 bits per heavy atom. The third kappa shape index (κ3) is 5.69. The van der Waals surface area contributed by atoms with E-state index in [1.807, 2.05) is 0 Å². The molecule has 0 spiro atoms. The Morgan fingerprint density at radius 3 is 1.66 bits per heavy atom. The molecule has 0 atom stereocenters. The topological polar surface area (TPSA) is 18.5 Å².